The minimum atomic E-state index is -0.768. The van der Waals surface area contributed by atoms with Crippen LogP contribution in [0.15, 0.2) is 68.1 Å². The van der Waals surface area contributed by atoms with Crippen molar-refractivity contribution in [1.29, 1.82) is 0 Å². The van der Waals surface area contributed by atoms with E-state index in [1.807, 2.05) is 24.3 Å². The van der Waals surface area contributed by atoms with Crippen LogP contribution in [-0.4, -0.2) is 18.9 Å². The molecule has 7 nitrogen and oxygen atoms in total. The molecule has 0 saturated heterocycles. The van der Waals surface area contributed by atoms with E-state index >= 15 is 0 Å². The van der Waals surface area contributed by atoms with E-state index in [0.29, 0.717) is 47.9 Å². The summed E-state index contributed by atoms with van der Waals surface area (Å²) in [5.74, 6) is 0.566. The van der Waals surface area contributed by atoms with E-state index in [1.165, 1.54) is 7.11 Å². The van der Waals surface area contributed by atoms with Crippen molar-refractivity contribution < 1.29 is 28.2 Å². The van der Waals surface area contributed by atoms with Gasteiger partial charge in [-0.2, -0.15) is 0 Å². The van der Waals surface area contributed by atoms with Crippen molar-refractivity contribution in [2.24, 2.45) is 5.73 Å². The monoisotopic (exact) mass is 473 g/mol. The van der Waals surface area contributed by atoms with E-state index in [9.17, 15) is 9.59 Å². The number of benzene rings is 1. The van der Waals surface area contributed by atoms with Gasteiger partial charge in [-0.3, -0.25) is 4.79 Å². The molecule has 1 atom stereocenters. The third-order valence-corrected chi connectivity index (χ3v) is 5.58. The van der Waals surface area contributed by atoms with Gasteiger partial charge < -0.3 is 24.4 Å². The highest BCUT2D eigenvalue weighted by Gasteiger charge is 2.42. The Labute approximate surface area is 181 Å². The number of methoxy groups -OCH3 is 1. The van der Waals surface area contributed by atoms with Gasteiger partial charge in [-0.05, 0) is 42.8 Å². The van der Waals surface area contributed by atoms with Crippen molar-refractivity contribution in [3.63, 3.8) is 0 Å². The van der Waals surface area contributed by atoms with E-state index < -0.39 is 11.9 Å². The highest BCUT2D eigenvalue weighted by atomic mass is 79.9. The van der Waals surface area contributed by atoms with Gasteiger partial charge in [0, 0.05) is 22.9 Å². The van der Waals surface area contributed by atoms with Gasteiger partial charge in [0.2, 0.25) is 5.88 Å². The molecule has 1 aromatic carbocycles. The van der Waals surface area contributed by atoms with Crippen LogP contribution in [-0.2, 0) is 25.7 Å². The number of hydrogen-bond donors (Lipinski definition) is 1. The summed E-state index contributed by atoms with van der Waals surface area (Å²) in [4.78, 5) is 25.1. The summed E-state index contributed by atoms with van der Waals surface area (Å²) in [6.07, 6.45) is 1.63. The first kappa shape index (κ1) is 20.3. The Bertz CT molecular complexity index is 1050. The molecule has 30 heavy (non-hydrogen) atoms. The summed E-state index contributed by atoms with van der Waals surface area (Å²) in [5.41, 5.74) is 6.51. The van der Waals surface area contributed by atoms with Gasteiger partial charge in [-0.1, -0.05) is 15.9 Å². The molecule has 2 N–H and O–H groups in total. The zero-order valence-corrected chi connectivity index (χ0v) is 17.9. The quantitative estimate of drug-likeness (QED) is 0.652. The minimum Gasteiger partial charge on any atom is -0.486 e. The van der Waals surface area contributed by atoms with Crippen LogP contribution in [0.1, 0.15) is 36.7 Å². The third-order valence-electron chi connectivity index (χ3n) is 5.05. The predicted molar refractivity (Wildman–Crippen MR) is 110 cm³/mol. The Morgan fingerprint density at radius 2 is 1.97 bits per heavy atom. The molecule has 8 heteroatoms. The van der Waals surface area contributed by atoms with E-state index in [4.69, 9.17) is 24.4 Å². The van der Waals surface area contributed by atoms with Gasteiger partial charge in [0.1, 0.15) is 35.2 Å². The topological polar surface area (TPSA) is 101 Å². The number of rotatable bonds is 5. The van der Waals surface area contributed by atoms with Gasteiger partial charge in [0.25, 0.3) is 0 Å². The van der Waals surface area contributed by atoms with Crippen LogP contribution >= 0.6 is 15.9 Å². The van der Waals surface area contributed by atoms with E-state index in [2.05, 4.69) is 15.9 Å². The largest absolute Gasteiger partial charge is 0.486 e. The molecule has 1 aliphatic carbocycles. The Balaban J connectivity index is 1.64. The molecule has 156 valence electrons. The number of ketones is 1. The number of nitrogens with two attached hydrogens (primary N) is 1. The number of carbonyl (C=O) groups is 2. The van der Waals surface area contributed by atoms with Crippen LogP contribution in [0, 0.1) is 0 Å². The maximum absolute atomic E-state index is 12.7. The van der Waals surface area contributed by atoms with Crippen LogP contribution in [0.3, 0.4) is 0 Å². The van der Waals surface area contributed by atoms with Gasteiger partial charge in [0.05, 0.1) is 13.0 Å². The molecular formula is C22H20BrNO6. The number of hydrogen-bond acceptors (Lipinski definition) is 7. The lowest BCUT2D eigenvalue weighted by molar-refractivity contribution is -0.136. The highest BCUT2D eigenvalue weighted by Crippen LogP contribution is 2.44. The standard InChI is InChI=1S/C22H20BrNO6/c1-27-22(26)20-19(18-15(25)3-2-4-16(18)30-21(20)24)17-10-9-14(29-17)11-28-13-7-5-12(23)6-8-13/h5-10,19H,2-4,11,24H2,1H3. The summed E-state index contributed by atoms with van der Waals surface area (Å²) in [6, 6.07) is 10.9. The molecule has 0 bridgehead atoms. The molecule has 1 unspecified atom stereocenters. The van der Waals surface area contributed by atoms with Crippen LogP contribution in [0.2, 0.25) is 0 Å². The molecule has 4 rings (SSSR count). The number of allylic oxidation sites excluding steroid dienone is 2. The van der Waals surface area contributed by atoms with Gasteiger partial charge in [0.15, 0.2) is 5.78 Å². The second kappa shape index (κ2) is 8.39. The van der Waals surface area contributed by atoms with Crippen molar-refractivity contribution in [2.45, 2.75) is 31.8 Å². The highest BCUT2D eigenvalue weighted by molar-refractivity contribution is 9.10. The Kier molecular flexibility index (Phi) is 5.67. The van der Waals surface area contributed by atoms with Crippen LogP contribution in [0.25, 0.3) is 0 Å². The molecule has 0 amide bonds. The van der Waals surface area contributed by atoms with Gasteiger partial charge >= 0.3 is 5.97 Å². The second-order valence-corrected chi connectivity index (χ2v) is 7.88. The summed E-state index contributed by atoms with van der Waals surface area (Å²) in [6.45, 7) is 0.192. The first-order valence-electron chi connectivity index (χ1n) is 9.47. The summed E-state index contributed by atoms with van der Waals surface area (Å²) >= 11 is 3.38. The van der Waals surface area contributed by atoms with Crippen LogP contribution in [0.5, 0.6) is 5.75 Å². The Morgan fingerprint density at radius 1 is 1.20 bits per heavy atom. The molecule has 2 aliphatic rings. The number of carbonyl (C=O) groups excluding carboxylic acids is 2. The van der Waals surface area contributed by atoms with Gasteiger partial charge in [-0.15, -0.1) is 0 Å². The van der Waals surface area contributed by atoms with Crippen LogP contribution in [0.4, 0.5) is 0 Å². The van der Waals surface area contributed by atoms with E-state index in [1.54, 1.807) is 12.1 Å². The Morgan fingerprint density at radius 3 is 2.70 bits per heavy atom. The number of furan rings is 1. The first-order chi connectivity index (χ1) is 14.5. The predicted octanol–water partition coefficient (Wildman–Crippen LogP) is 4.09. The zero-order valence-electron chi connectivity index (χ0n) is 16.3. The van der Waals surface area contributed by atoms with Crippen molar-refractivity contribution >= 4 is 27.7 Å². The second-order valence-electron chi connectivity index (χ2n) is 6.96. The molecule has 0 fully saturated rings. The summed E-state index contributed by atoms with van der Waals surface area (Å²) < 4.78 is 23.2. The van der Waals surface area contributed by atoms with Crippen LogP contribution < -0.4 is 10.5 Å². The fourth-order valence-corrected chi connectivity index (χ4v) is 3.93. The number of esters is 1. The molecule has 2 aromatic rings. The lowest BCUT2D eigenvalue weighted by Crippen LogP contribution is -2.31. The first-order valence-corrected chi connectivity index (χ1v) is 10.3. The minimum absolute atomic E-state index is 0.0654. The van der Waals surface area contributed by atoms with Crippen molar-refractivity contribution in [3.05, 3.63) is 75.2 Å². The lowest BCUT2D eigenvalue weighted by atomic mass is 9.79. The van der Waals surface area contributed by atoms with E-state index in [0.717, 1.165) is 4.47 Å². The Hall–Kier alpha value is -3.00. The normalized spacial score (nSPS) is 18.7. The summed E-state index contributed by atoms with van der Waals surface area (Å²) in [5, 5.41) is 0. The smallest absolute Gasteiger partial charge is 0.340 e. The number of ether oxygens (including phenoxy) is 3. The maximum atomic E-state index is 12.7. The molecule has 1 aromatic heterocycles. The lowest BCUT2D eigenvalue weighted by Gasteiger charge is -2.30. The molecule has 0 radical (unpaired) electrons. The molecular weight excluding hydrogens is 454 g/mol. The van der Waals surface area contributed by atoms with E-state index in [-0.39, 0.29) is 23.8 Å². The molecule has 0 saturated carbocycles. The van der Waals surface area contributed by atoms with Crippen molar-refractivity contribution in [2.75, 3.05) is 7.11 Å². The third kappa shape index (κ3) is 3.87. The average Bonchev–Trinajstić information content (AvgIpc) is 3.21. The fourth-order valence-electron chi connectivity index (χ4n) is 3.66. The average molecular weight is 474 g/mol. The summed E-state index contributed by atoms with van der Waals surface area (Å²) in [7, 11) is 1.26. The zero-order chi connectivity index (χ0) is 21.3. The SMILES string of the molecule is COC(=O)C1=C(N)OC2=C(C(=O)CCC2)C1c1ccc(COc2ccc(Br)cc2)o1. The molecule has 0 spiro atoms. The van der Waals surface area contributed by atoms with Crippen molar-refractivity contribution in [1.82, 2.24) is 0 Å². The number of Topliss-reactive ketones (excluding diaryl/α,β-unsaturated/α-hetero) is 1. The number of halogens is 1. The molecule has 2 heterocycles. The molecule has 1 aliphatic heterocycles. The van der Waals surface area contributed by atoms with Crippen molar-refractivity contribution in [3.8, 4) is 5.75 Å². The van der Waals surface area contributed by atoms with Gasteiger partial charge in [-0.25, -0.2) is 4.79 Å². The maximum Gasteiger partial charge on any atom is 0.340 e. The fraction of sp³-hybridized carbons (Fsp3) is 0.273.